The normalized spacial score (nSPS) is 25.6. The largest absolute Gasteiger partial charge is 0.507 e. The lowest BCUT2D eigenvalue weighted by Crippen LogP contribution is -2.53. The Hall–Kier alpha value is -6.74. The molecule has 18 heteroatoms. The van der Waals surface area contributed by atoms with Gasteiger partial charge < -0.3 is 69.6 Å². The highest BCUT2D eigenvalue weighted by Crippen LogP contribution is 2.52. The molecule has 2 aliphatic carbocycles. The monoisotopic (exact) mass is 1240 g/mol. The minimum Gasteiger partial charge on any atom is -0.507 e. The molecule has 8 atom stereocenters. The quantitative estimate of drug-likeness (QED) is 0.0189. The number of ketones is 4. The molecule has 4 aromatic rings. The van der Waals surface area contributed by atoms with Crippen LogP contribution in [0.5, 0.6) is 34.5 Å². The number of methoxy groups -OCH3 is 2. The van der Waals surface area contributed by atoms with Crippen LogP contribution < -0.4 is 0 Å². The summed E-state index contributed by atoms with van der Waals surface area (Å²) in [5.74, 6) is -6.78. The highest BCUT2D eigenvalue weighted by atomic mass is 16.7. The Kier molecular flexibility index (Phi) is 20.1. The number of phenolic OH excluding ortho intramolecular Hbond substituents is 6. The van der Waals surface area contributed by atoms with E-state index in [-0.39, 0.29) is 91.0 Å². The van der Waals surface area contributed by atoms with Crippen LogP contribution in [0.3, 0.4) is 0 Å². The zero-order valence-corrected chi connectivity index (χ0v) is 54.8. The molecule has 488 valence electrons. The van der Waals surface area contributed by atoms with Crippen molar-refractivity contribution in [2.24, 2.45) is 5.92 Å². The smallest absolute Gasteiger partial charge is 0.207 e. The molecule has 4 aliphatic rings. The number of phenols is 6. The summed E-state index contributed by atoms with van der Waals surface area (Å²) in [6, 6.07) is 2.59. The second-order valence-corrected chi connectivity index (χ2v) is 27.1. The van der Waals surface area contributed by atoms with E-state index in [0.29, 0.717) is 68.9 Å². The van der Waals surface area contributed by atoms with Gasteiger partial charge in [-0.2, -0.15) is 0 Å². The van der Waals surface area contributed by atoms with Gasteiger partial charge in [0, 0.05) is 72.1 Å². The first-order chi connectivity index (χ1) is 42.0. The van der Waals surface area contributed by atoms with E-state index in [1.54, 1.807) is 54.1 Å². The number of allylic oxidation sites excluding steroid dienone is 7. The van der Waals surface area contributed by atoms with Crippen molar-refractivity contribution in [1.82, 2.24) is 0 Å². The number of carbonyl (C=O) groups is 4. The van der Waals surface area contributed by atoms with E-state index < -0.39 is 99.1 Å². The standard InChI is InChI=1S/C72H92O18/c1-36(19-16-21-38(3)28-31-71(84)63(79)53-45(73)33-40(5)51-55(53)57(65(71)81)61(77)42(7)59(51)75)23-18-30-70(13)50(35-49(90-70)68(9,10)83)89-69(11,12)48-27-25-44(67(86-14)87-15)47(88-48)26-24-37(2)20-17-22-39(4)29-32-72(85)64(80)54-46(74)34-41(6)52-56(54)58(66(72)82)62(78)43(8)60(52)76/h18-20,28-30,33-34,44,47-50,67,73-78,83-85H,16-17,21-27,31-32,35H2,1-15H3/b30-18+,36-19+,37-20+,38-28+,39-29+. The number of aliphatic hydroxyl groups is 3. The summed E-state index contributed by atoms with van der Waals surface area (Å²) >= 11 is 0. The van der Waals surface area contributed by atoms with Crippen molar-refractivity contribution < 1.29 is 88.8 Å². The number of carbonyl (C=O) groups excluding carboxylic acids is 4. The maximum absolute atomic E-state index is 14.0. The summed E-state index contributed by atoms with van der Waals surface area (Å²) in [6.07, 6.45) is 14.7. The fraction of sp³-hybridized carbons (Fsp3) is 0.528. The minimum absolute atomic E-state index is 0.0179. The van der Waals surface area contributed by atoms with Crippen LogP contribution in [0.2, 0.25) is 0 Å². The third kappa shape index (κ3) is 12.8. The van der Waals surface area contributed by atoms with Crippen LogP contribution in [0.1, 0.15) is 203 Å². The molecule has 2 fully saturated rings. The number of hydrogen-bond donors (Lipinski definition) is 9. The van der Waals surface area contributed by atoms with Crippen LogP contribution in [-0.2, 0) is 23.7 Å². The fourth-order valence-corrected chi connectivity index (χ4v) is 13.7. The van der Waals surface area contributed by atoms with Crippen LogP contribution in [0.15, 0.2) is 70.9 Å². The number of Topliss-reactive ketones (excluding diaryl/α,β-unsaturated/α-hetero) is 4. The minimum atomic E-state index is -2.59. The number of aryl methyl sites for hydroxylation is 2. The molecule has 90 heavy (non-hydrogen) atoms. The van der Waals surface area contributed by atoms with Gasteiger partial charge in [-0.15, -0.1) is 0 Å². The average molecular weight is 1250 g/mol. The molecule has 18 nitrogen and oxygen atoms in total. The summed E-state index contributed by atoms with van der Waals surface area (Å²) in [5.41, 5.74) is -4.77. The van der Waals surface area contributed by atoms with Crippen molar-refractivity contribution in [3.05, 3.63) is 115 Å². The predicted octanol–water partition coefficient (Wildman–Crippen LogP) is 12.5. The Morgan fingerprint density at radius 1 is 0.622 bits per heavy atom. The zero-order chi connectivity index (χ0) is 66.7. The van der Waals surface area contributed by atoms with E-state index in [1.165, 1.54) is 26.0 Å². The fourth-order valence-electron chi connectivity index (χ4n) is 13.7. The molecule has 0 bridgehead atoms. The lowest BCUT2D eigenvalue weighted by molar-refractivity contribution is -0.241. The molecule has 0 spiro atoms. The molecule has 4 aromatic carbocycles. The van der Waals surface area contributed by atoms with Gasteiger partial charge in [-0.3, -0.25) is 19.2 Å². The highest BCUT2D eigenvalue weighted by molar-refractivity contribution is 6.37. The van der Waals surface area contributed by atoms with Gasteiger partial charge in [-0.1, -0.05) is 58.7 Å². The van der Waals surface area contributed by atoms with Crippen molar-refractivity contribution in [2.75, 3.05) is 14.2 Å². The molecular weight excluding hydrogens is 1150 g/mol. The third-order valence-corrected chi connectivity index (χ3v) is 19.4. The Balaban J connectivity index is 0.878. The van der Waals surface area contributed by atoms with E-state index in [9.17, 15) is 65.1 Å². The Morgan fingerprint density at radius 3 is 1.52 bits per heavy atom. The molecule has 2 heterocycles. The maximum Gasteiger partial charge on any atom is 0.207 e. The molecule has 0 amide bonds. The topological polar surface area (TPSA) is 296 Å². The van der Waals surface area contributed by atoms with Gasteiger partial charge >= 0.3 is 0 Å². The number of hydrogen-bond acceptors (Lipinski definition) is 18. The SMILES string of the molecule is COC(OC)C1CCC(C(C)(C)OC2CC(C(C)(C)O)OC2(C)/C=C/C/C(C)=C/CC/C(C)=C/CC2(O)C(=O)c3c(O)cc(C)c4c(O)c(C)c(O)c(c34)C2=O)OC1CC/C(C)=C/CC/C(C)=C/CC1(O)C(=O)c2c(O)cc(C)c3c(O)c(C)c(O)c(c23)C1=O. The van der Waals surface area contributed by atoms with E-state index in [1.807, 2.05) is 53.7 Å². The van der Waals surface area contributed by atoms with Crippen molar-refractivity contribution in [3.8, 4) is 34.5 Å². The third-order valence-electron chi connectivity index (χ3n) is 19.4. The van der Waals surface area contributed by atoms with Crippen LogP contribution in [0.25, 0.3) is 21.5 Å². The average Bonchev–Trinajstić information content (AvgIpc) is 0.828. The lowest BCUT2D eigenvalue weighted by atomic mass is 9.73. The first kappa shape index (κ1) is 69.2. The van der Waals surface area contributed by atoms with Gasteiger partial charge in [0.2, 0.25) is 23.1 Å². The van der Waals surface area contributed by atoms with Crippen molar-refractivity contribution in [1.29, 1.82) is 0 Å². The van der Waals surface area contributed by atoms with E-state index in [0.717, 1.165) is 28.7 Å². The lowest BCUT2D eigenvalue weighted by Gasteiger charge is -2.46. The maximum atomic E-state index is 14.0. The summed E-state index contributed by atoms with van der Waals surface area (Å²) in [5, 5.41) is 101. The summed E-state index contributed by atoms with van der Waals surface area (Å²) in [7, 11) is 3.24. The number of ether oxygens (including phenoxy) is 5. The second-order valence-electron chi connectivity index (χ2n) is 27.1. The first-order valence-corrected chi connectivity index (χ1v) is 31.1. The molecule has 0 radical (unpaired) electrons. The van der Waals surface area contributed by atoms with Gasteiger partial charge in [0.25, 0.3) is 0 Å². The van der Waals surface area contributed by atoms with E-state index in [4.69, 9.17) is 23.7 Å². The van der Waals surface area contributed by atoms with Gasteiger partial charge in [0.05, 0.1) is 57.9 Å². The van der Waals surface area contributed by atoms with Gasteiger partial charge in [0.15, 0.2) is 17.5 Å². The van der Waals surface area contributed by atoms with Gasteiger partial charge in [-0.25, -0.2) is 0 Å². The van der Waals surface area contributed by atoms with Crippen LogP contribution in [0.4, 0.5) is 0 Å². The second kappa shape index (κ2) is 26.1. The molecular formula is C72H92O18. The molecule has 9 N–H and O–H groups in total. The van der Waals surface area contributed by atoms with Crippen LogP contribution >= 0.6 is 0 Å². The summed E-state index contributed by atoms with van der Waals surface area (Å²) < 4.78 is 32.5. The Morgan fingerprint density at radius 2 is 1.07 bits per heavy atom. The first-order valence-electron chi connectivity index (χ1n) is 31.1. The molecule has 8 unspecified atom stereocenters. The molecule has 0 saturated carbocycles. The summed E-state index contributed by atoms with van der Waals surface area (Å²) in [6.45, 7) is 23.3. The molecule has 2 saturated heterocycles. The molecule has 2 aliphatic heterocycles. The number of rotatable bonds is 23. The van der Waals surface area contributed by atoms with Crippen LogP contribution in [0, 0.1) is 33.6 Å². The van der Waals surface area contributed by atoms with Crippen molar-refractivity contribution in [2.45, 2.75) is 226 Å². The van der Waals surface area contributed by atoms with Crippen LogP contribution in [-0.4, -0.2) is 142 Å². The Labute approximate surface area is 527 Å². The highest BCUT2D eigenvalue weighted by Gasteiger charge is 2.55. The molecule has 0 aromatic heterocycles. The zero-order valence-electron chi connectivity index (χ0n) is 54.8. The van der Waals surface area contributed by atoms with E-state index >= 15 is 0 Å². The van der Waals surface area contributed by atoms with E-state index in [2.05, 4.69) is 19.1 Å². The predicted molar refractivity (Wildman–Crippen MR) is 342 cm³/mol. The van der Waals surface area contributed by atoms with Crippen molar-refractivity contribution >= 4 is 44.7 Å². The van der Waals surface area contributed by atoms with Crippen molar-refractivity contribution in [3.63, 3.8) is 0 Å². The van der Waals surface area contributed by atoms with Gasteiger partial charge in [0.1, 0.15) is 40.1 Å². The van der Waals surface area contributed by atoms with Gasteiger partial charge in [-0.05, 0) is 171 Å². The number of benzene rings is 4. The summed E-state index contributed by atoms with van der Waals surface area (Å²) in [4.78, 5) is 55.7. The Bertz CT molecular complexity index is 3700. The molecule has 8 rings (SSSR count). The number of aromatic hydroxyl groups is 6.